The molecule has 0 bridgehead atoms. The molecule has 0 fully saturated rings. The van der Waals surface area contributed by atoms with Crippen molar-refractivity contribution in [1.29, 1.82) is 0 Å². The van der Waals surface area contributed by atoms with E-state index in [1.165, 1.54) is 0 Å². The summed E-state index contributed by atoms with van der Waals surface area (Å²) in [5.74, 6) is 1.84. The maximum Gasteiger partial charge on any atom is 0.338 e. The van der Waals surface area contributed by atoms with Crippen LogP contribution in [0.4, 0.5) is 0 Å². The van der Waals surface area contributed by atoms with Crippen LogP contribution < -0.4 is 0 Å². The molecular formula is C26H28N4O4. The summed E-state index contributed by atoms with van der Waals surface area (Å²) < 4.78 is 12.7. The molecule has 4 rings (SSSR count). The number of nitrogens with zero attached hydrogens (tertiary/aromatic N) is 4. The molecule has 1 aliphatic carbocycles. The van der Waals surface area contributed by atoms with Crippen LogP contribution in [0.1, 0.15) is 51.6 Å². The van der Waals surface area contributed by atoms with Crippen molar-refractivity contribution in [3.8, 4) is 11.4 Å². The van der Waals surface area contributed by atoms with Crippen LogP contribution in [-0.4, -0.2) is 38.1 Å². The molecular weight excluding hydrogens is 432 g/mol. The number of hydrogen-bond acceptors (Lipinski definition) is 7. The Balaban J connectivity index is 1.50. The minimum Gasteiger partial charge on any atom is -0.467 e. The minimum atomic E-state index is -0.348. The summed E-state index contributed by atoms with van der Waals surface area (Å²) >= 11 is 0. The first-order valence-electron chi connectivity index (χ1n) is 11.4. The molecule has 0 saturated heterocycles. The number of furan rings is 1. The van der Waals surface area contributed by atoms with Crippen LogP contribution in [0.5, 0.6) is 0 Å². The highest BCUT2D eigenvalue weighted by Gasteiger charge is 2.27. The molecule has 0 aromatic carbocycles. The molecule has 0 radical (unpaired) electrons. The van der Waals surface area contributed by atoms with Gasteiger partial charge >= 0.3 is 5.97 Å². The number of Topliss-reactive ketones (excluding diaryl/α,β-unsaturated/α-hetero) is 1. The quantitative estimate of drug-likeness (QED) is 0.411. The predicted molar refractivity (Wildman–Crippen MR) is 126 cm³/mol. The van der Waals surface area contributed by atoms with E-state index in [9.17, 15) is 9.59 Å². The van der Waals surface area contributed by atoms with E-state index >= 15 is 0 Å². The fourth-order valence-electron chi connectivity index (χ4n) is 4.20. The second-order valence-electron chi connectivity index (χ2n) is 8.34. The summed E-state index contributed by atoms with van der Waals surface area (Å²) in [5.41, 5.74) is 4.26. The molecule has 0 amide bonds. The SMILES string of the molecule is CCOC(=O)C1=C(CC(=O)CCc2nnc(-c3cccnc3)n2Cc2ccco2)CC(C)=C1C. The van der Waals surface area contributed by atoms with Gasteiger partial charge in [-0.2, -0.15) is 0 Å². The van der Waals surface area contributed by atoms with Crippen LogP contribution in [-0.2, 0) is 27.3 Å². The number of esters is 1. The molecule has 8 heteroatoms. The highest BCUT2D eigenvalue weighted by molar-refractivity contribution is 5.97. The van der Waals surface area contributed by atoms with Gasteiger partial charge in [-0.05, 0) is 62.6 Å². The number of rotatable bonds is 10. The van der Waals surface area contributed by atoms with Crippen LogP contribution in [0.25, 0.3) is 11.4 Å². The molecule has 3 heterocycles. The zero-order valence-corrected chi connectivity index (χ0v) is 19.7. The lowest BCUT2D eigenvalue weighted by atomic mass is 10.00. The van der Waals surface area contributed by atoms with E-state index < -0.39 is 0 Å². The molecule has 0 saturated carbocycles. The largest absolute Gasteiger partial charge is 0.467 e. The normalized spacial score (nSPS) is 13.6. The van der Waals surface area contributed by atoms with Gasteiger partial charge in [0.2, 0.25) is 0 Å². The molecule has 3 aromatic rings. The fourth-order valence-corrected chi connectivity index (χ4v) is 4.20. The third kappa shape index (κ3) is 5.06. The zero-order chi connectivity index (χ0) is 24.1. The third-order valence-electron chi connectivity index (χ3n) is 6.01. The van der Waals surface area contributed by atoms with E-state index in [1.807, 2.05) is 42.7 Å². The van der Waals surface area contributed by atoms with E-state index in [4.69, 9.17) is 9.15 Å². The van der Waals surface area contributed by atoms with Gasteiger partial charge in [-0.1, -0.05) is 5.57 Å². The first-order valence-corrected chi connectivity index (χ1v) is 11.4. The van der Waals surface area contributed by atoms with Crippen molar-refractivity contribution in [2.45, 2.75) is 53.0 Å². The molecule has 0 atom stereocenters. The summed E-state index contributed by atoms with van der Waals surface area (Å²) in [6.07, 6.45) is 6.65. The van der Waals surface area contributed by atoms with E-state index in [0.29, 0.717) is 49.6 Å². The minimum absolute atomic E-state index is 0.0507. The van der Waals surface area contributed by atoms with Crippen molar-refractivity contribution in [1.82, 2.24) is 19.7 Å². The number of aromatic nitrogens is 4. The summed E-state index contributed by atoms with van der Waals surface area (Å²) in [6.45, 7) is 6.44. The number of ketones is 1. The van der Waals surface area contributed by atoms with Crippen molar-refractivity contribution < 1.29 is 18.7 Å². The van der Waals surface area contributed by atoms with Crippen LogP contribution >= 0.6 is 0 Å². The second-order valence-corrected chi connectivity index (χ2v) is 8.34. The van der Waals surface area contributed by atoms with Crippen molar-refractivity contribution in [2.75, 3.05) is 6.61 Å². The first kappa shape index (κ1) is 23.4. The average molecular weight is 461 g/mol. The summed E-state index contributed by atoms with van der Waals surface area (Å²) in [7, 11) is 0. The second kappa shape index (κ2) is 10.4. The maximum atomic E-state index is 12.9. The monoisotopic (exact) mass is 460 g/mol. The Morgan fingerprint density at radius 3 is 2.74 bits per heavy atom. The number of pyridine rings is 1. The Kier molecular flexibility index (Phi) is 7.15. The van der Waals surface area contributed by atoms with Crippen LogP contribution in [0.3, 0.4) is 0 Å². The van der Waals surface area contributed by atoms with Gasteiger partial charge in [0.05, 0.1) is 25.0 Å². The van der Waals surface area contributed by atoms with Gasteiger partial charge in [-0.15, -0.1) is 10.2 Å². The highest BCUT2D eigenvalue weighted by Crippen LogP contribution is 2.35. The predicted octanol–water partition coefficient (Wildman–Crippen LogP) is 4.47. The van der Waals surface area contributed by atoms with E-state index in [1.54, 1.807) is 25.6 Å². The molecule has 0 aliphatic heterocycles. The van der Waals surface area contributed by atoms with E-state index in [2.05, 4.69) is 15.2 Å². The first-order chi connectivity index (χ1) is 16.5. The number of carbonyl (C=O) groups is 2. The lowest BCUT2D eigenvalue weighted by molar-refractivity contribution is -0.138. The summed E-state index contributed by atoms with van der Waals surface area (Å²) in [5, 5.41) is 8.73. The Labute approximate surface area is 198 Å². The highest BCUT2D eigenvalue weighted by atomic mass is 16.5. The Hall–Kier alpha value is -3.81. The van der Waals surface area contributed by atoms with Gasteiger partial charge in [0, 0.05) is 37.2 Å². The van der Waals surface area contributed by atoms with Gasteiger partial charge in [0.25, 0.3) is 0 Å². The van der Waals surface area contributed by atoms with Gasteiger partial charge in [0.1, 0.15) is 17.4 Å². The number of ether oxygens (including phenoxy) is 1. The number of aryl methyl sites for hydroxylation is 1. The Morgan fingerprint density at radius 2 is 2.03 bits per heavy atom. The van der Waals surface area contributed by atoms with Crippen LogP contribution in [0, 0.1) is 0 Å². The molecule has 0 N–H and O–H groups in total. The third-order valence-corrected chi connectivity index (χ3v) is 6.01. The van der Waals surface area contributed by atoms with Crippen molar-refractivity contribution >= 4 is 11.8 Å². The maximum absolute atomic E-state index is 12.9. The lowest BCUT2D eigenvalue weighted by Gasteiger charge is -2.10. The summed E-state index contributed by atoms with van der Waals surface area (Å²) in [4.78, 5) is 29.6. The van der Waals surface area contributed by atoms with Crippen molar-refractivity contribution in [3.63, 3.8) is 0 Å². The number of hydrogen-bond donors (Lipinski definition) is 0. The molecule has 3 aromatic heterocycles. The lowest BCUT2D eigenvalue weighted by Crippen LogP contribution is -2.12. The Morgan fingerprint density at radius 1 is 1.18 bits per heavy atom. The molecule has 34 heavy (non-hydrogen) atoms. The fraction of sp³-hybridized carbons (Fsp3) is 0.346. The number of carbonyl (C=O) groups excluding carboxylic acids is 2. The molecule has 176 valence electrons. The van der Waals surface area contributed by atoms with Gasteiger partial charge in [-0.3, -0.25) is 9.78 Å². The zero-order valence-electron chi connectivity index (χ0n) is 19.7. The summed E-state index contributed by atoms with van der Waals surface area (Å²) in [6, 6.07) is 7.49. The van der Waals surface area contributed by atoms with Gasteiger partial charge in [0.15, 0.2) is 5.82 Å². The van der Waals surface area contributed by atoms with Gasteiger partial charge < -0.3 is 13.7 Å². The van der Waals surface area contributed by atoms with Crippen molar-refractivity contribution in [3.05, 3.63) is 76.8 Å². The topological polar surface area (TPSA) is 100 Å². The average Bonchev–Trinajstić information content (AvgIpc) is 3.54. The molecule has 8 nitrogen and oxygen atoms in total. The Bertz CT molecular complexity index is 1240. The number of allylic oxidation sites excluding steroid dienone is 2. The van der Waals surface area contributed by atoms with E-state index in [0.717, 1.165) is 28.0 Å². The van der Waals surface area contributed by atoms with Crippen LogP contribution in [0.2, 0.25) is 0 Å². The van der Waals surface area contributed by atoms with Crippen molar-refractivity contribution in [2.24, 2.45) is 0 Å². The van der Waals surface area contributed by atoms with Gasteiger partial charge in [-0.25, -0.2) is 4.79 Å². The molecule has 1 aliphatic rings. The standard InChI is InChI=1S/C26H28N4O4/c1-4-33-26(32)24-18(3)17(2)13-20(24)14-21(31)9-10-23-28-29-25(19-7-5-11-27-15-19)30(23)16-22-8-6-12-34-22/h5-8,11-12,15H,4,9-10,13-14,16H2,1-3H3. The molecule has 0 unspecified atom stereocenters. The van der Waals surface area contributed by atoms with Crippen LogP contribution in [0.15, 0.2) is 69.6 Å². The van der Waals surface area contributed by atoms with E-state index in [-0.39, 0.29) is 18.2 Å². The smallest absolute Gasteiger partial charge is 0.338 e. The molecule has 0 spiro atoms.